The summed E-state index contributed by atoms with van der Waals surface area (Å²) in [6.45, 7) is 4.01. The molecule has 2 aliphatic rings. The van der Waals surface area contributed by atoms with Crippen LogP contribution in [-0.2, 0) is 24.0 Å². The highest BCUT2D eigenvalue weighted by atomic mass is 16.2. The summed E-state index contributed by atoms with van der Waals surface area (Å²) >= 11 is 0. The van der Waals surface area contributed by atoms with Crippen LogP contribution in [-0.4, -0.2) is 35.6 Å². The van der Waals surface area contributed by atoms with E-state index in [4.69, 9.17) is 0 Å². The average molecular weight is 359 g/mol. The first-order valence-electron chi connectivity index (χ1n) is 9.05. The molecule has 0 spiro atoms. The summed E-state index contributed by atoms with van der Waals surface area (Å²) in [6.07, 6.45) is 6.61. The van der Waals surface area contributed by atoms with Gasteiger partial charge in [0.15, 0.2) is 5.78 Å². The Balaban J connectivity index is 1.95. The zero-order valence-corrected chi connectivity index (χ0v) is 15.2. The zero-order chi connectivity index (χ0) is 19.3. The molecule has 1 fully saturated rings. The van der Waals surface area contributed by atoms with Crippen LogP contribution in [0.2, 0.25) is 0 Å². The van der Waals surface area contributed by atoms with Crippen molar-refractivity contribution in [3.05, 3.63) is 23.8 Å². The first-order chi connectivity index (χ1) is 12.3. The van der Waals surface area contributed by atoms with Crippen LogP contribution < -0.4 is 5.32 Å². The van der Waals surface area contributed by atoms with Gasteiger partial charge in [0.2, 0.25) is 11.6 Å². The molecule has 2 atom stereocenters. The second-order valence-electron chi connectivity index (χ2n) is 7.31. The number of nitrogens with one attached hydrogen (secondary N) is 1. The second-order valence-corrected chi connectivity index (χ2v) is 7.31. The number of allylic oxidation sites excluding steroid dienone is 4. The molecule has 1 aliphatic heterocycles. The maximum atomic E-state index is 12.6. The van der Waals surface area contributed by atoms with Gasteiger partial charge in [-0.3, -0.25) is 24.0 Å². The number of rotatable bonds is 9. The fourth-order valence-electron chi connectivity index (χ4n) is 3.31. The fraction of sp³-hybridized carbons (Fsp3) is 0.550. The third kappa shape index (κ3) is 5.07. The number of piperidine rings is 1. The van der Waals surface area contributed by atoms with Crippen LogP contribution in [0.4, 0.5) is 0 Å². The highest BCUT2D eigenvalue weighted by Crippen LogP contribution is 2.24. The Labute approximate surface area is 153 Å². The summed E-state index contributed by atoms with van der Waals surface area (Å²) in [7, 11) is 0. The molecule has 0 radical (unpaired) electrons. The Bertz CT molecular complexity index is 686. The molecule has 0 saturated carbocycles. The second kappa shape index (κ2) is 8.83. The number of carbonyl (C=O) groups is 5. The van der Waals surface area contributed by atoms with Gasteiger partial charge in [-0.05, 0) is 18.8 Å². The first kappa shape index (κ1) is 19.9. The summed E-state index contributed by atoms with van der Waals surface area (Å²) in [4.78, 5) is 60.4. The van der Waals surface area contributed by atoms with E-state index in [1.54, 1.807) is 0 Å². The molecule has 1 heterocycles. The quantitative estimate of drug-likeness (QED) is 0.632. The Hall–Kier alpha value is -2.37. The van der Waals surface area contributed by atoms with E-state index >= 15 is 0 Å². The van der Waals surface area contributed by atoms with Gasteiger partial charge in [0, 0.05) is 37.6 Å². The standard InChI is InChI=1S/C20H25NO5/c1-12(2)15(11-18(24)17(23)9-13-5-3-4-6-13)16(22)10-14-7-8-21-20(26)19(14)25/h3-5,12,14-15H,6-11H2,1-2H3,(H,21,26). The summed E-state index contributed by atoms with van der Waals surface area (Å²) in [5.41, 5.74) is 0.898. The lowest BCUT2D eigenvalue weighted by molar-refractivity contribution is -0.143. The van der Waals surface area contributed by atoms with Crippen molar-refractivity contribution in [1.82, 2.24) is 5.32 Å². The van der Waals surface area contributed by atoms with Crippen molar-refractivity contribution in [1.29, 1.82) is 0 Å². The number of ketones is 4. The minimum Gasteiger partial charge on any atom is -0.349 e. The van der Waals surface area contributed by atoms with E-state index in [0.29, 0.717) is 19.4 Å². The zero-order valence-electron chi connectivity index (χ0n) is 15.2. The molecule has 6 nitrogen and oxygen atoms in total. The van der Waals surface area contributed by atoms with E-state index in [-0.39, 0.29) is 31.0 Å². The van der Waals surface area contributed by atoms with Crippen molar-refractivity contribution in [3.63, 3.8) is 0 Å². The third-order valence-corrected chi connectivity index (χ3v) is 4.99. The van der Waals surface area contributed by atoms with Gasteiger partial charge in [0.25, 0.3) is 5.91 Å². The maximum absolute atomic E-state index is 12.6. The Morgan fingerprint density at radius 1 is 1.19 bits per heavy atom. The van der Waals surface area contributed by atoms with E-state index in [9.17, 15) is 24.0 Å². The molecule has 0 bridgehead atoms. The lowest BCUT2D eigenvalue weighted by Crippen LogP contribution is -2.43. The van der Waals surface area contributed by atoms with Crippen LogP contribution in [0.1, 0.15) is 46.0 Å². The Morgan fingerprint density at radius 3 is 2.54 bits per heavy atom. The van der Waals surface area contributed by atoms with E-state index < -0.39 is 35.1 Å². The highest BCUT2D eigenvalue weighted by molar-refractivity contribution is 6.38. The van der Waals surface area contributed by atoms with Crippen LogP contribution in [0.5, 0.6) is 0 Å². The molecule has 0 aromatic rings. The van der Waals surface area contributed by atoms with Crippen molar-refractivity contribution >= 4 is 29.0 Å². The monoisotopic (exact) mass is 359 g/mol. The molecule has 0 aromatic carbocycles. The first-order valence-corrected chi connectivity index (χ1v) is 9.05. The van der Waals surface area contributed by atoms with Gasteiger partial charge >= 0.3 is 0 Å². The largest absolute Gasteiger partial charge is 0.349 e. The molecule has 6 heteroatoms. The van der Waals surface area contributed by atoms with Crippen molar-refractivity contribution < 1.29 is 24.0 Å². The molecule has 0 aromatic heterocycles. The van der Waals surface area contributed by atoms with E-state index in [1.807, 2.05) is 32.1 Å². The smallest absolute Gasteiger partial charge is 0.287 e. The van der Waals surface area contributed by atoms with Gasteiger partial charge in [0.05, 0.1) is 0 Å². The van der Waals surface area contributed by atoms with Gasteiger partial charge in [-0.25, -0.2) is 0 Å². The van der Waals surface area contributed by atoms with E-state index in [1.165, 1.54) is 0 Å². The minimum absolute atomic E-state index is 0.0500. The lowest BCUT2D eigenvalue weighted by atomic mass is 9.80. The highest BCUT2D eigenvalue weighted by Gasteiger charge is 2.35. The van der Waals surface area contributed by atoms with Crippen LogP contribution in [0.3, 0.4) is 0 Å². The Kier molecular flexibility index (Phi) is 6.77. The van der Waals surface area contributed by atoms with Crippen LogP contribution in [0.25, 0.3) is 0 Å². The summed E-state index contributed by atoms with van der Waals surface area (Å²) < 4.78 is 0. The number of amides is 1. The molecule has 2 rings (SSSR count). The van der Waals surface area contributed by atoms with Crippen LogP contribution in [0.15, 0.2) is 23.8 Å². The van der Waals surface area contributed by atoms with Gasteiger partial charge in [0.1, 0.15) is 5.78 Å². The number of Topliss-reactive ketones (excluding diaryl/α,β-unsaturated/α-hetero) is 4. The maximum Gasteiger partial charge on any atom is 0.287 e. The van der Waals surface area contributed by atoms with E-state index in [0.717, 1.165) is 5.57 Å². The lowest BCUT2D eigenvalue weighted by Gasteiger charge is -2.24. The van der Waals surface area contributed by atoms with Crippen molar-refractivity contribution in [2.24, 2.45) is 17.8 Å². The molecule has 2 unspecified atom stereocenters. The molecule has 26 heavy (non-hydrogen) atoms. The van der Waals surface area contributed by atoms with Crippen LogP contribution in [0, 0.1) is 17.8 Å². The molecular formula is C20H25NO5. The molecule has 1 aliphatic carbocycles. The topological polar surface area (TPSA) is 97.4 Å². The molecule has 1 N–H and O–H groups in total. The van der Waals surface area contributed by atoms with Gasteiger partial charge in [-0.15, -0.1) is 0 Å². The minimum atomic E-state index is -0.653. The van der Waals surface area contributed by atoms with Gasteiger partial charge < -0.3 is 5.32 Å². The summed E-state index contributed by atoms with van der Waals surface area (Å²) in [5, 5.41) is 2.46. The number of hydrogen-bond donors (Lipinski definition) is 1. The number of carbonyl (C=O) groups excluding carboxylic acids is 5. The summed E-state index contributed by atoms with van der Waals surface area (Å²) in [6, 6.07) is 0. The normalized spacial score (nSPS) is 20.7. The van der Waals surface area contributed by atoms with Crippen molar-refractivity contribution in [2.75, 3.05) is 6.54 Å². The Morgan fingerprint density at radius 2 is 1.92 bits per heavy atom. The molecule has 140 valence electrons. The fourth-order valence-corrected chi connectivity index (χ4v) is 3.31. The molecule has 1 amide bonds. The predicted molar refractivity (Wildman–Crippen MR) is 95.2 cm³/mol. The van der Waals surface area contributed by atoms with E-state index in [2.05, 4.69) is 5.32 Å². The van der Waals surface area contributed by atoms with Gasteiger partial charge in [-0.1, -0.05) is 37.6 Å². The van der Waals surface area contributed by atoms with Gasteiger partial charge in [-0.2, -0.15) is 0 Å². The van der Waals surface area contributed by atoms with Crippen LogP contribution >= 0.6 is 0 Å². The third-order valence-electron chi connectivity index (χ3n) is 4.99. The molecule has 1 saturated heterocycles. The number of hydrogen-bond acceptors (Lipinski definition) is 5. The molecular weight excluding hydrogens is 334 g/mol. The predicted octanol–water partition coefficient (Wildman–Crippen LogP) is 1.73. The summed E-state index contributed by atoms with van der Waals surface area (Å²) in [5.74, 6) is -3.84. The SMILES string of the molecule is CC(C)C(CC(=O)C(=O)CC1=CC=CC1)C(=O)CC1CCNC(=O)C1=O. The van der Waals surface area contributed by atoms with Crippen molar-refractivity contribution in [2.45, 2.75) is 46.0 Å². The average Bonchev–Trinajstić information content (AvgIpc) is 3.09. The van der Waals surface area contributed by atoms with Crippen molar-refractivity contribution in [3.8, 4) is 0 Å².